The van der Waals surface area contributed by atoms with E-state index < -0.39 is 0 Å². The summed E-state index contributed by atoms with van der Waals surface area (Å²) in [5, 5.41) is 3.36. The van der Waals surface area contributed by atoms with E-state index in [0.29, 0.717) is 17.9 Å². The van der Waals surface area contributed by atoms with Crippen LogP contribution >= 0.6 is 0 Å². The summed E-state index contributed by atoms with van der Waals surface area (Å²) in [7, 11) is 0. The Morgan fingerprint density at radius 3 is 2.69 bits per heavy atom. The van der Waals surface area contributed by atoms with Crippen molar-refractivity contribution in [2.45, 2.75) is 58.0 Å². The van der Waals surface area contributed by atoms with Crippen LogP contribution in [0.5, 0.6) is 0 Å². The summed E-state index contributed by atoms with van der Waals surface area (Å²) < 4.78 is 0. The van der Waals surface area contributed by atoms with Gasteiger partial charge in [-0.2, -0.15) is 0 Å². The minimum Gasteiger partial charge on any atom is -0.338 e. The first-order valence-corrected chi connectivity index (χ1v) is 6.74. The molecule has 0 aromatic carbocycles. The lowest BCUT2D eigenvalue weighted by Crippen LogP contribution is -2.51. The smallest absolute Gasteiger partial charge is 0.239 e. The molecule has 1 amide bonds. The van der Waals surface area contributed by atoms with Crippen molar-refractivity contribution in [3.8, 4) is 0 Å². The molecule has 1 N–H and O–H groups in total. The SMILES string of the molecule is CC(C)C1CCCN1C(=O)[C@H]1CCCCN1. The summed E-state index contributed by atoms with van der Waals surface area (Å²) in [4.78, 5) is 14.5. The normalized spacial score (nSPS) is 31.1. The number of rotatable bonds is 2. The molecule has 2 rings (SSSR count). The number of carbonyl (C=O) groups excluding carboxylic acids is 1. The van der Waals surface area contributed by atoms with Gasteiger partial charge in [-0.05, 0) is 38.1 Å². The molecular formula is C13H24N2O. The van der Waals surface area contributed by atoms with Gasteiger partial charge in [0, 0.05) is 12.6 Å². The Morgan fingerprint density at radius 2 is 2.06 bits per heavy atom. The zero-order chi connectivity index (χ0) is 11.5. The summed E-state index contributed by atoms with van der Waals surface area (Å²) in [6, 6.07) is 0.587. The van der Waals surface area contributed by atoms with Crippen molar-refractivity contribution in [2.24, 2.45) is 5.92 Å². The fourth-order valence-corrected chi connectivity index (χ4v) is 3.02. The Hall–Kier alpha value is -0.570. The molecule has 0 radical (unpaired) electrons. The van der Waals surface area contributed by atoms with E-state index in [0.717, 1.165) is 19.5 Å². The second-order valence-corrected chi connectivity index (χ2v) is 5.49. The Morgan fingerprint density at radius 1 is 1.25 bits per heavy atom. The van der Waals surface area contributed by atoms with Gasteiger partial charge >= 0.3 is 0 Å². The molecule has 2 aliphatic heterocycles. The molecule has 0 saturated carbocycles. The van der Waals surface area contributed by atoms with Crippen LogP contribution in [0.1, 0.15) is 46.0 Å². The third-order valence-electron chi connectivity index (χ3n) is 3.96. The zero-order valence-electron chi connectivity index (χ0n) is 10.5. The molecule has 1 unspecified atom stereocenters. The number of likely N-dealkylation sites (tertiary alicyclic amines) is 1. The highest BCUT2D eigenvalue weighted by Crippen LogP contribution is 2.25. The first-order valence-electron chi connectivity index (χ1n) is 6.74. The predicted molar refractivity (Wildman–Crippen MR) is 65.2 cm³/mol. The second-order valence-electron chi connectivity index (χ2n) is 5.49. The van der Waals surface area contributed by atoms with Crippen molar-refractivity contribution >= 4 is 5.91 Å². The fraction of sp³-hybridized carbons (Fsp3) is 0.923. The maximum Gasteiger partial charge on any atom is 0.239 e. The molecule has 0 bridgehead atoms. The Balaban J connectivity index is 1.97. The van der Waals surface area contributed by atoms with Gasteiger partial charge in [-0.3, -0.25) is 4.79 Å². The van der Waals surface area contributed by atoms with E-state index in [2.05, 4.69) is 24.1 Å². The molecule has 16 heavy (non-hydrogen) atoms. The molecule has 0 spiro atoms. The van der Waals surface area contributed by atoms with E-state index in [1.807, 2.05) is 0 Å². The van der Waals surface area contributed by atoms with Gasteiger partial charge in [0.2, 0.25) is 5.91 Å². The van der Waals surface area contributed by atoms with Crippen molar-refractivity contribution in [3.63, 3.8) is 0 Å². The molecule has 3 nitrogen and oxygen atoms in total. The van der Waals surface area contributed by atoms with Gasteiger partial charge in [0.15, 0.2) is 0 Å². The Labute approximate surface area is 98.6 Å². The second kappa shape index (κ2) is 5.17. The topological polar surface area (TPSA) is 32.3 Å². The van der Waals surface area contributed by atoms with Gasteiger partial charge in [-0.15, -0.1) is 0 Å². The number of hydrogen-bond donors (Lipinski definition) is 1. The lowest BCUT2D eigenvalue weighted by molar-refractivity contribution is -0.135. The molecule has 2 heterocycles. The van der Waals surface area contributed by atoms with Gasteiger partial charge in [-0.25, -0.2) is 0 Å². The van der Waals surface area contributed by atoms with Gasteiger partial charge in [-0.1, -0.05) is 20.3 Å². The Bertz CT molecular complexity index is 246. The minimum absolute atomic E-state index is 0.105. The van der Waals surface area contributed by atoms with Crippen LogP contribution in [0.25, 0.3) is 0 Å². The highest BCUT2D eigenvalue weighted by molar-refractivity contribution is 5.82. The summed E-state index contributed by atoms with van der Waals surface area (Å²) in [5.41, 5.74) is 0. The number of carbonyl (C=O) groups is 1. The average molecular weight is 224 g/mol. The number of hydrogen-bond acceptors (Lipinski definition) is 2. The summed E-state index contributed by atoms with van der Waals surface area (Å²) >= 11 is 0. The first kappa shape index (κ1) is 11.9. The molecular weight excluding hydrogens is 200 g/mol. The van der Waals surface area contributed by atoms with Crippen LogP contribution in [0.3, 0.4) is 0 Å². The van der Waals surface area contributed by atoms with Gasteiger partial charge in [0.05, 0.1) is 6.04 Å². The fourth-order valence-electron chi connectivity index (χ4n) is 3.02. The van der Waals surface area contributed by atoms with Crippen LogP contribution < -0.4 is 5.32 Å². The molecule has 92 valence electrons. The monoisotopic (exact) mass is 224 g/mol. The zero-order valence-corrected chi connectivity index (χ0v) is 10.5. The van der Waals surface area contributed by atoms with Gasteiger partial charge < -0.3 is 10.2 Å². The van der Waals surface area contributed by atoms with E-state index in [9.17, 15) is 4.79 Å². The van der Waals surface area contributed by atoms with E-state index in [-0.39, 0.29) is 6.04 Å². The molecule has 3 heteroatoms. The predicted octanol–water partition coefficient (Wildman–Crippen LogP) is 1.78. The van der Waals surface area contributed by atoms with Crippen LogP contribution in [0.15, 0.2) is 0 Å². The maximum absolute atomic E-state index is 12.4. The van der Waals surface area contributed by atoms with Crippen molar-refractivity contribution in [3.05, 3.63) is 0 Å². The van der Waals surface area contributed by atoms with Crippen LogP contribution in [-0.4, -0.2) is 36.0 Å². The van der Waals surface area contributed by atoms with Gasteiger partial charge in [0.1, 0.15) is 0 Å². The van der Waals surface area contributed by atoms with E-state index >= 15 is 0 Å². The van der Waals surface area contributed by atoms with E-state index in [1.165, 1.54) is 25.7 Å². The number of amides is 1. The molecule has 0 aromatic rings. The quantitative estimate of drug-likeness (QED) is 0.775. The largest absolute Gasteiger partial charge is 0.338 e. The molecule has 2 saturated heterocycles. The number of nitrogens with one attached hydrogen (secondary N) is 1. The molecule has 2 fully saturated rings. The standard InChI is InChI=1S/C13H24N2O/c1-10(2)12-7-5-9-15(12)13(16)11-6-3-4-8-14-11/h10-12,14H,3-9H2,1-2H3/t11-,12?/m1/s1. The number of piperidine rings is 1. The van der Waals surface area contributed by atoms with E-state index in [4.69, 9.17) is 0 Å². The van der Waals surface area contributed by atoms with Crippen molar-refractivity contribution in [1.82, 2.24) is 10.2 Å². The summed E-state index contributed by atoms with van der Waals surface area (Å²) in [6.45, 7) is 6.44. The van der Waals surface area contributed by atoms with Crippen LogP contribution in [0.2, 0.25) is 0 Å². The van der Waals surface area contributed by atoms with Crippen LogP contribution in [0, 0.1) is 5.92 Å². The van der Waals surface area contributed by atoms with Crippen LogP contribution in [0.4, 0.5) is 0 Å². The highest BCUT2D eigenvalue weighted by Gasteiger charge is 2.34. The molecule has 2 atom stereocenters. The molecule has 0 aliphatic carbocycles. The van der Waals surface area contributed by atoms with E-state index in [1.54, 1.807) is 0 Å². The third kappa shape index (κ3) is 2.40. The highest BCUT2D eigenvalue weighted by atomic mass is 16.2. The molecule has 0 aromatic heterocycles. The first-order chi connectivity index (χ1) is 7.70. The van der Waals surface area contributed by atoms with Crippen LogP contribution in [-0.2, 0) is 4.79 Å². The Kier molecular flexibility index (Phi) is 3.85. The maximum atomic E-state index is 12.4. The van der Waals surface area contributed by atoms with Gasteiger partial charge in [0.25, 0.3) is 0 Å². The number of nitrogens with zero attached hydrogens (tertiary/aromatic N) is 1. The van der Waals surface area contributed by atoms with Crippen molar-refractivity contribution in [1.29, 1.82) is 0 Å². The van der Waals surface area contributed by atoms with Crippen molar-refractivity contribution < 1.29 is 4.79 Å². The summed E-state index contributed by atoms with van der Waals surface area (Å²) in [5.74, 6) is 0.950. The van der Waals surface area contributed by atoms with Crippen molar-refractivity contribution in [2.75, 3.05) is 13.1 Å². The molecule has 2 aliphatic rings. The third-order valence-corrected chi connectivity index (χ3v) is 3.96. The lowest BCUT2D eigenvalue weighted by atomic mass is 9.99. The summed E-state index contributed by atoms with van der Waals surface area (Å²) in [6.07, 6.45) is 5.82. The lowest BCUT2D eigenvalue weighted by Gasteiger charge is -2.33. The minimum atomic E-state index is 0.105. The average Bonchev–Trinajstić information content (AvgIpc) is 2.78.